The SMILES string of the molecule is C=CCN(N)CC(=O)N(C=O)[C@@H](Cc1ccc(O)cc1F)C(=O)N(CC)Cc1cccc(N2CC(N3CCN(CC)[C@@H](C)C3)C2)n1. The van der Waals surface area contributed by atoms with E-state index in [2.05, 4.69) is 35.1 Å². The molecule has 2 saturated heterocycles. The molecule has 0 bridgehead atoms. The van der Waals surface area contributed by atoms with Gasteiger partial charge in [0.1, 0.15) is 23.4 Å². The molecule has 0 aliphatic carbocycles. The molecule has 2 aliphatic heterocycles. The molecule has 13 heteroatoms. The van der Waals surface area contributed by atoms with Crippen LogP contribution in [-0.4, -0.2) is 130 Å². The molecule has 2 aromatic rings. The molecule has 2 atom stereocenters. The summed E-state index contributed by atoms with van der Waals surface area (Å²) in [5.41, 5.74) is 0.722. The maximum absolute atomic E-state index is 14.8. The molecule has 0 unspecified atom stereocenters. The molecular weight excluding hydrogens is 591 g/mol. The Kier molecular flexibility index (Phi) is 12.2. The van der Waals surface area contributed by atoms with Crippen molar-refractivity contribution in [1.29, 1.82) is 0 Å². The van der Waals surface area contributed by atoms with Crippen molar-refractivity contribution >= 4 is 24.0 Å². The molecule has 2 fully saturated rings. The molecule has 4 rings (SSSR count). The zero-order chi connectivity index (χ0) is 33.4. The molecule has 1 aromatic heterocycles. The van der Waals surface area contributed by atoms with E-state index in [0.717, 1.165) is 61.1 Å². The van der Waals surface area contributed by atoms with Crippen LogP contribution >= 0.6 is 0 Å². The molecule has 3 N–H and O–H groups in total. The van der Waals surface area contributed by atoms with Crippen LogP contribution in [-0.2, 0) is 27.3 Å². The Hall–Kier alpha value is -3.91. The van der Waals surface area contributed by atoms with E-state index in [1.165, 1.54) is 23.1 Å². The summed E-state index contributed by atoms with van der Waals surface area (Å²) in [5, 5.41) is 10.8. The first-order chi connectivity index (χ1) is 22.1. The minimum atomic E-state index is -1.35. The standard InChI is InChI=1S/C33H47FN8O4/c1-5-13-41(35)22-32(45)42(23-43)30(16-25-11-12-28(44)17-29(25)34)33(46)38(7-3)19-26-9-8-10-31(36-26)40-20-27(21-40)39-15-14-37(6-2)24(4)18-39/h5,8-12,17,23-24,27,30,44H,1,6-7,13-16,18-22,35H2,2-4H3/t24-,30-/m0/s1. The molecule has 1 aromatic carbocycles. The lowest BCUT2D eigenvalue weighted by Crippen LogP contribution is -2.64. The lowest BCUT2D eigenvalue weighted by Gasteiger charge is -2.50. The van der Waals surface area contributed by atoms with Crippen molar-refractivity contribution in [3.05, 3.63) is 66.1 Å². The van der Waals surface area contributed by atoms with Crippen LogP contribution in [0.5, 0.6) is 5.75 Å². The highest BCUT2D eigenvalue weighted by Gasteiger charge is 2.37. The van der Waals surface area contributed by atoms with E-state index >= 15 is 0 Å². The van der Waals surface area contributed by atoms with Gasteiger partial charge in [0.2, 0.25) is 18.2 Å². The van der Waals surface area contributed by atoms with Gasteiger partial charge < -0.3 is 14.9 Å². The predicted molar refractivity (Wildman–Crippen MR) is 174 cm³/mol. The van der Waals surface area contributed by atoms with Crippen molar-refractivity contribution in [1.82, 2.24) is 29.6 Å². The summed E-state index contributed by atoms with van der Waals surface area (Å²) in [4.78, 5) is 53.9. The number of phenolic OH excluding ortho intramolecular Hbond substituents is 1. The number of benzene rings is 1. The van der Waals surface area contributed by atoms with Gasteiger partial charge in [-0.05, 0) is 44.2 Å². The van der Waals surface area contributed by atoms with Crippen LogP contribution in [0, 0.1) is 5.82 Å². The molecule has 46 heavy (non-hydrogen) atoms. The van der Waals surface area contributed by atoms with Gasteiger partial charge in [0, 0.05) is 70.4 Å². The fraction of sp³-hybridized carbons (Fsp3) is 0.515. The number of anilines is 1. The molecule has 3 heterocycles. The Morgan fingerprint density at radius 1 is 1.20 bits per heavy atom. The van der Waals surface area contributed by atoms with Gasteiger partial charge >= 0.3 is 0 Å². The number of pyridine rings is 1. The second-order valence-corrected chi connectivity index (χ2v) is 12.0. The van der Waals surface area contributed by atoms with Gasteiger partial charge in [0.15, 0.2) is 0 Å². The van der Waals surface area contributed by atoms with Crippen LogP contribution in [0.15, 0.2) is 49.1 Å². The normalized spacial score (nSPS) is 18.2. The Morgan fingerprint density at radius 3 is 2.59 bits per heavy atom. The fourth-order valence-corrected chi connectivity index (χ4v) is 6.19. The number of likely N-dealkylation sites (N-methyl/N-ethyl adjacent to an activating group) is 2. The highest BCUT2D eigenvalue weighted by atomic mass is 19.1. The number of rotatable bonds is 15. The maximum Gasteiger partial charge on any atom is 0.246 e. The summed E-state index contributed by atoms with van der Waals surface area (Å²) in [7, 11) is 0. The number of carbonyl (C=O) groups is 3. The minimum Gasteiger partial charge on any atom is -0.508 e. The number of nitrogens with zero attached hydrogens (tertiary/aromatic N) is 7. The number of hydrazine groups is 1. The Balaban J connectivity index is 1.48. The van der Waals surface area contributed by atoms with Crippen LogP contribution in [0.3, 0.4) is 0 Å². The maximum atomic E-state index is 14.8. The number of hydrogen-bond acceptors (Lipinski definition) is 10. The Labute approximate surface area is 270 Å². The first-order valence-electron chi connectivity index (χ1n) is 15.9. The number of phenols is 1. The molecule has 12 nitrogen and oxygen atoms in total. The second-order valence-electron chi connectivity index (χ2n) is 12.0. The van der Waals surface area contributed by atoms with Gasteiger partial charge in [0.05, 0.1) is 18.8 Å². The summed E-state index contributed by atoms with van der Waals surface area (Å²) in [6, 6.07) is 8.91. The summed E-state index contributed by atoms with van der Waals surface area (Å²) in [6.07, 6.45) is 1.49. The van der Waals surface area contributed by atoms with E-state index in [1.54, 1.807) is 6.92 Å². The number of amides is 3. The average molecular weight is 639 g/mol. The van der Waals surface area contributed by atoms with Gasteiger partial charge in [-0.3, -0.25) is 34.9 Å². The largest absolute Gasteiger partial charge is 0.508 e. The smallest absolute Gasteiger partial charge is 0.246 e. The van der Waals surface area contributed by atoms with E-state index in [1.807, 2.05) is 18.2 Å². The highest BCUT2D eigenvalue weighted by Crippen LogP contribution is 2.25. The summed E-state index contributed by atoms with van der Waals surface area (Å²) in [6.45, 7) is 16.1. The number of imide groups is 1. The topological polar surface area (TPSA) is 130 Å². The molecule has 250 valence electrons. The summed E-state index contributed by atoms with van der Waals surface area (Å²) in [5.74, 6) is 4.39. The van der Waals surface area contributed by atoms with E-state index in [4.69, 9.17) is 10.8 Å². The number of aromatic hydroxyl groups is 1. The number of carbonyl (C=O) groups excluding carboxylic acids is 3. The first kappa shape index (κ1) is 35.0. The van der Waals surface area contributed by atoms with Crippen molar-refractivity contribution < 1.29 is 23.9 Å². The number of nitrogens with two attached hydrogens (primary N) is 1. The molecule has 3 amide bonds. The molecule has 2 aliphatic rings. The number of aromatic nitrogens is 1. The van der Waals surface area contributed by atoms with Crippen LogP contribution in [0.25, 0.3) is 0 Å². The number of hydrogen-bond donors (Lipinski definition) is 2. The van der Waals surface area contributed by atoms with Crippen LogP contribution < -0.4 is 10.7 Å². The van der Waals surface area contributed by atoms with Crippen molar-refractivity contribution in [2.75, 3.05) is 63.8 Å². The van der Waals surface area contributed by atoms with Crippen molar-refractivity contribution in [3.63, 3.8) is 0 Å². The average Bonchev–Trinajstić information content (AvgIpc) is 3.00. The van der Waals surface area contributed by atoms with Gasteiger partial charge in [-0.1, -0.05) is 25.1 Å². The first-order valence-corrected chi connectivity index (χ1v) is 15.9. The third-order valence-electron chi connectivity index (χ3n) is 8.92. The lowest BCUT2D eigenvalue weighted by atomic mass is 10.0. The third kappa shape index (κ3) is 8.46. The monoisotopic (exact) mass is 638 g/mol. The molecule has 0 saturated carbocycles. The predicted octanol–water partition coefficient (Wildman–Crippen LogP) is 1.45. The Morgan fingerprint density at radius 2 is 1.96 bits per heavy atom. The minimum absolute atomic E-state index is 0.0699. The van der Waals surface area contributed by atoms with Crippen LogP contribution in [0.2, 0.25) is 0 Å². The van der Waals surface area contributed by atoms with Gasteiger partial charge in [0.25, 0.3) is 0 Å². The zero-order valence-electron chi connectivity index (χ0n) is 27.1. The molecule has 0 radical (unpaired) electrons. The second kappa shape index (κ2) is 16.1. The molecular formula is C33H47FN8O4. The van der Waals surface area contributed by atoms with E-state index in [0.29, 0.717) is 17.8 Å². The highest BCUT2D eigenvalue weighted by molar-refractivity contribution is 5.95. The van der Waals surface area contributed by atoms with E-state index < -0.39 is 23.7 Å². The lowest BCUT2D eigenvalue weighted by molar-refractivity contribution is -0.151. The Bertz CT molecular complexity index is 1370. The van der Waals surface area contributed by atoms with Gasteiger partial charge in [-0.25, -0.2) is 14.4 Å². The fourth-order valence-electron chi connectivity index (χ4n) is 6.19. The summed E-state index contributed by atoms with van der Waals surface area (Å²) < 4.78 is 14.8. The van der Waals surface area contributed by atoms with Crippen molar-refractivity contribution in [2.24, 2.45) is 5.84 Å². The third-order valence-corrected chi connectivity index (χ3v) is 8.92. The van der Waals surface area contributed by atoms with E-state index in [9.17, 15) is 23.9 Å². The summed E-state index contributed by atoms with van der Waals surface area (Å²) >= 11 is 0. The van der Waals surface area contributed by atoms with Crippen molar-refractivity contribution in [2.45, 2.75) is 51.9 Å². The van der Waals surface area contributed by atoms with Crippen LogP contribution in [0.1, 0.15) is 32.0 Å². The zero-order valence-corrected chi connectivity index (χ0v) is 27.1. The van der Waals surface area contributed by atoms with Gasteiger partial charge in [-0.15, -0.1) is 6.58 Å². The number of halogens is 1. The van der Waals surface area contributed by atoms with Crippen LogP contribution in [0.4, 0.5) is 10.2 Å². The van der Waals surface area contributed by atoms with Gasteiger partial charge in [-0.2, -0.15) is 0 Å². The van der Waals surface area contributed by atoms with E-state index in [-0.39, 0.29) is 50.3 Å². The molecule has 0 spiro atoms. The number of piperazine rings is 1. The quantitative estimate of drug-likeness (QED) is 0.128. The van der Waals surface area contributed by atoms with Crippen molar-refractivity contribution in [3.8, 4) is 5.75 Å².